The topological polar surface area (TPSA) is 166 Å². The highest BCUT2D eigenvalue weighted by Gasteiger charge is 2.43. The van der Waals surface area contributed by atoms with Crippen molar-refractivity contribution in [2.75, 3.05) is 33.1 Å². The number of likely N-dealkylation sites (N-methyl/N-ethyl adjacent to an activating group) is 2. The molecule has 0 aromatic rings. The molecule has 14 heteroatoms. The third kappa shape index (κ3) is 9.04. The summed E-state index contributed by atoms with van der Waals surface area (Å²) in [7, 11) is 2.98. The van der Waals surface area contributed by atoms with E-state index in [1.807, 2.05) is 13.8 Å². The molecule has 3 unspecified atom stereocenters. The van der Waals surface area contributed by atoms with Crippen LogP contribution in [0.15, 0.2) is 0 Å². The Bertz CT molecular complexity index is 1040. The summed E-state index contributed by atoms with van der Waals surface area (Å²) < 4.78 is 5.44. The second-order valence-electron chi connectivity index (χ2n) is 11.9. The monoisotopic (exact) mass is 629 g/mol. The molecule has 0 spiro atoms. The van der Waals surface area contributed by atoms with E-state index in [1.54, 1.807) is 13.8 Å². The zero-order chi connectivity index (χ0) is 32.6. The number of halogens is 1. The van der Waals surface area contributed by atoms with E-state index in [0.717, 1.165) is 0 Å². The number of carbonyl (C=O) groups excluding carboxylic acids is 6. The van der Waals surface area contributed by atoms with E-state index < -0.39 is 71.9 Å². The van der Waals surface area contributed by atoms with Gasteiger partial charge in [0.1, 0.15) is 24.2 Å². The van der Waals surface area contributed by atoms with E-state index >= 15 is 0 Å². The van der Waals surface area contributed by atoms with Crippen molar-refractivity contribution in [1.82, 2.24) is 25.3 Å². The highest BCUT2D eigenvalue weighted by Crippen LogP contribution is 2.23. The number of nitrogens with zero attached hydrogens (tertiary/aromatic N) is 3. The first-order chi connectivity index (χ1) is 20.2. The first-order valence-electron chi connectivity index (χ1n) is 15.0. The summed E-state index contributed by atoms with van der Waals surface area (Å²) in [6.45, 7) is 8.91. The van der Waals surface area contributed by atoms with Crippen LogP contribution in [0.1, 0.15) is 66.7 Å². The number of rotatable bonds is 6. The van der Waals surface area contributed by atoms with Crippen molar-refractivity contribution in [1.29, 1.82) is 0 Å². The minimum absolute atomic E-state index is 0.125. The molecule has 2 saturated heterocycles. The maximum absolute atomic E-state index is 13.9. The van der Waals surface area contributed by atoms with Gasteiger partial charge in [0, 0.05) is 39.5 Å². The van der Waals surface area contributed by atoms with Gasteiger partial charge in [-0.15, -0.1) is 11.6 Å². The quantitative estimate of drug-likeness (QED) is 0.278. The summed E-state index contributed by atoms with van der Waals surface area (Å²) in [6, 6.07) is -3.77. The molecule has 0 aromatic carbocycles. The van der Waals surface area contributed by atoms with Gasteiger partial charge in [-0.25, -0.2) is 0 Å². The van der Waals surface area contributed by atoms with Gasteiger partial charge in [-0.2, -0.15) is 0 Å². The lowest BCUT2D eigenvalue weighted by molar-refractivity contribution is -0.163. The molecule has 2 fully saturated rings. The first kappa shape index (κ1) is 36.3. The fraction of sp³-hybridized carbons (Fsp3) is 0.793. The molecule has 43 heavy (non-hydrogen) atoms. The second-order valence-corrected chi connectivity index (χ2v) is 12.2. The second kappa shape index (κ2) is 16.2. The number of hydrogen-bond donors (Lipinski definition) is 3. The van der Waals surface area contributed by atoms with E-state index in [9.17, 15) is 33.9 Å². The molecule has 0 radical (unpaired) electrons. The van der Waals surface area contributed by atoms with Gasteiger partial charge in [0.25, 0.3) is 5.91 Å². The minimum Gasteiger partial charge on any atom is -0.452 e. The summed E-state index contributed by atoms with van der Waals surface area (Å²) in [5.41, 5.74) is 0. The van der Waals surface area contributed by atoms with Crippen LogP contribution in [-0.4, -0.2) is 125 Å². The summed E-state index contributed by atoms with van der Waals surface area (Å²) in [6.07, 6.45) is -1.72. The number of aliphatic hydroxyl groups excluding tert-OH is 1. The van der Waals surface area contributed by atoms with Crippen molar-refractivity contribution in [2.24, 2.45) is 11.8 Å². The normalized spacial score (nSPS) is 28.9. The molecule has 2 rings (SSSR count). The summed E-state index contributed by atoms with van der Waals surface area (Å²) >= 11 is 5.76. The number of amides is 5. The predicted octanol–water partition coefficient (Wildman–Crippen LogP) is 0.260. The zero-order valence-electron chi connectivity index (χ0n) is 26.3. The molecule has 0 aromatic heterocycles. The van der Waals surface area contributed by atoms with Gasteiger partial charge in [0.2, 0.25) is 23.6 Å². The van der Waals surface area contributed by atoms with Gasteiger partial charge < -0.3 is 35.2 Å². The van der Waals surface area contributed by atoms with Gasteiger partial charge in [-0.3, -0.25) is 28.8 Å². The molecular formula is C29H48ClN5O8. The Morgan fingerprint density at radius 2 is 1.65 bits per heavy atom. The average Bonchev–Trinajstić information content (AvgIpc) is 3.46. The van der Waals surface area contributed by atoms with E-state index in [4.69, 9.17) is 16.3 Å². The molecule has 2 aliphatic rings. The highest BCUT2D eigenvalue weighted by atomic mass is 35.5. The molecular weight excluding hydrogens is 582 g/mol. The fourth-order valence-electron chi connectivity index (χ4n) is 5.41. The number of carbonyl (C=O) groups is 6. The number of nitrogens with one attached hydrogen (secondary N) is 2. The van der Waals surface area contributed by atoms with Crippen LogP contribution in [0.25, 0.3) is 0 Å². The number of hydrogen-bond acceptors (Lipinski definition) is 8. The van der Waals surface area contributed by atoms with Crippen LogP contribution in [0.2, 0.25) is 0 Å². The number of esters is 1. The molecule has 5 amide bonds. The maximum atomic E-state index is 13.9. The Hall–Kier alpha value is -2.93. The van der Waals surface area contributed by atoms with Gasteiger partial charge >= 0.3 is 5.97 Å². The molecule has 13 nitrogen and oxygen atoms in total. The predicted molar refractivity (Wildman–Crippen MR) is 159 cm³/mol. The molecule has 244 valence electrons. The average molecular weight is 630 g/mol. The summed E-state index contributed by atoms with van der Waals surface area (Å²) in [5.74, 6) is -4.24. The van der Waals surface area contributed by atoms with Crippen LogP contribution in [0.4, 0.5) is 0 Å². The zero-order valence-corrected chi connectivity index (χ0v) is 27.1. The third-order valence-electron chi connectivity index (χ3n) is 8.41. The smallest absolute Gasteiger partial charge is 0.308 e. The van der Waals surface area contributed by atoms with Crippen LogP contribution < -0.4 is 10.6 Å². The van der Waals surface area contributed by atoms with Crippen molar-refractivity contribution in [3.05, 3.63) is 0 Å². The van der Waals surface area contributed by atoms with Crippen molar-refractivity contribution >= 4 is 47.1 Å². The molecule has 2 heterocycles. The van der Waals surface area contributed by atoms with Gasteiger partial charge in [0.05, 0.1) is 12.5 Å². The van der Waals surface area contributed by atoms with Gasteiger partial charge in [-0.1, -0.05) is 34.1 Å². The lowest BCUT2D eigenvalue weighted by atomic mass is 9.94. The van der Waals surface area contributed by atoms with Crippen LogP contribution in [0, 0.1) is 11.8 Å². The number of cyclic esters (lactones) is 1. The van der Waals surface area contributed by atoms with Crippen LogP contribution >= 0.6 is 11.6 Å². The number of fused-ring (bicyclic) bond motifs is 1. The van der Waals surface area contributed by atoms with Crippen LogP contribution in [0.3, 0.4) is 0 Å². The van der Waals surface area contributed by atoms with E-state index in [2.05, 4.69) is 10.6 Å². The van der Waals surface area contributed by atoms with Gasteiger partial charge in [-0.05, 0) is 31.6 Å². The lowest BCUT2D eigenvalue weighted by Crippen LogP contribution is -2.60. The van der Waals surface area contributed by atoms with Crippen molar-refractivity contribution in [3.63, 3.8) is 0 Å². The standard InChI is InChI=1S/C29H48ClN5O8/c1-8-17(4)23-28(41)34(7)24(16(2)3)29(42)33(6)18(5)25(38)31-12-11-22(37)43-21(14-19(36)15-30)27(40)35-13-9-10-20(35)26(39)32-23/h16-21,23-24,36H,8-15H2,1-7H3,(H,31,38)(H,32,39)/t17?,18-,19?,20+,21?,23-,24-/m1/s1. The van der Waals surface area contributed by atoms with E-state index in [0.29, 0.717) is 19.3 Å². The summed E-state index contributed by atoms with van der Waals surface area (Å²) in [4.78, 5) is 84.3. The minimum atomic E-state index is -1.40. The third-order valence-corrected chi connectivity index (χ3v) is 8.77. The summed E-state index contributed by atoms with van der Waals surface area (Å²) in [5, 5.41) is 15.6. The Labute approximate surface area is 259 Å². The Morgan fingerprint density at radius 1 is 1.00 bits per heavy atom. The Kier molecular flexibility index (Phi) is 13.7. The van der Waals surface area contributed by atoms with Crippen molar-refractivity contribution < 1.29 is 38.6 Å². The largest absolute Gasteiger partial charge is 0.452 e. The first-order valence-corrected chi connectivity index (χ1v) is 15.5. The van der Waals surface area contributed by atoms with Crippen LogP contribution in [0.5, 0.6) is 0 Å². The molecule has 0 aliphatic carbocycles. The number of alkyl halides is 1. The van der Waals surface area contributed by atoms with E-state index in [-0.39, 0.29) is 43.6 Å². The fourth-order valence-corrected chi connectivity index (χ4v) is 5.54. The van der Waals surface area contributed by atoms with Gasteiger partial charge in [0.15, 0.2) is 6.10 Å². The lowest BCUT2D eigenvalue weighted by Gasteiger charge is -2.38. The van der Waals surface area contributed by atoms with Crippen LogP contribution in [-0.2, 0) is 33.5 Å². The van der Waals surface area contributed by atoms with Crippen molar-refractivity contribution in [3.8, 4) is 0 Å². The highest BCUT2D eigenvalue weighted by molar-refractivity contribution is 6.18. The van der Waals surface area contributed by atoms with E-state index in [1.165, 1.54) is 35.7 Å². The molecule has 7 atom stereocenters. The molecule has 3 N–H and O–H groups in total. The molecule has 2 aliphatic heterocycles. The Morgan fingerprint density at radius 3 is 2.23 bits per heavy atom. The number of aliphatic hydroxyl groups is 1. The molecule has 0 bridgehead atoms. The van der Waals surface area contributed by atoms with Crippen molar-refractivity contribution in [2.45, 2.75) is 103 Å². The SMILES string of the molecule is CCC(C)[C@H]1NC(=O)[C@@H]2CCCN2C(=O)C(CC(O)CCl)OC(=O)CCNC(=O)[C@@H](C)N(C)C(=O)[C@@H](C(C)C)N(C)C1=O. The maximum Gasteiger partial charge on any atom is 0.308 e. The Balaban J connectivity index is 2.54. The molecule has 0 saturated carbocycles. The number of ether oxygens (including phenoxy) is 1.